The Bertz CT molecular complexity index is 703. The van der Waals surface area contributed by atoms with Crippen molar-refractivity contribution in [3.63, 3.8) is 0 Å². The van der Waals surface area contributed by atoms with Gasteiger partial charge in [0.1, 0.15) is 5.69 Å². The van der Waals surface area contributed by atoms with Gasteiger partial charge in [-0.2, -0.15) is 0 Å². The molecule has 1 heterocycles. The van der Waals surface area contributed by atoms with Crippen LogP contribution in [0.25, 0.3) is 22.3 Å². The maximum Gasteiger partial charge on any atom is 0.150 e. The maximum absolute atomic E-state index is 5.98. The second kappa shape index (κ2) is 4.11. The van der Waals surface area contributed by atoms with Crippen molar-refractivity contribution in [3.8, 4) is 11.3 Å². The Morgan fingerprint density at radius 3 is 2.11 bits per heavy atom. The lowest BCUT2D eigenvalue weighted by Crippen LogP contribution is -1.98. The number of nitrogens with zero attached hydrogens (tertiary/aromatic N) is 2. The summed E-state index contributed by atoms with van der Waals surface area (Å²) in [6.07, 6.45) is 0. The van der Waals surface area contributed by atoms with Crippen LogP contribution in [0.4, 0.5) is 5.82 Å². The molecule has 0 fully saturated rings. The summed E-state index contributed by atoms with van der Waals surface area (Å²) in [4.78, 5) is 8.98. The van der Waals surface area contributed by atoms with Crippen LogP contribution in [0.5, 0.6) is 0 Å². The number of rotatable bonds is 1. The van der Waals surface area contributed by atoms with Gasteiger partial charge < -0.3 is 5.73 Å². The number of hydrogen-bond donors (Lipinski definition) is 1. The number of fused-ring (bicyclic) bond motifs is 1. The molecule has 0 atom stereocenters. The molecule has 0 saturated heterocycles. The van der Waals surface area contributed by atoms with Crippen molar-refractivity contribution in [2.75, 3.05) is 5.73 Å². The van der Waals surface area contributed by atoms with E-state index in [2.05, 4.69) is 16.9 Å². The predicted molar refractivity (Wildman–Crippen MR) is 74.1 cm³/mol. The van der Waals surface area contributed by atoms with E-state index < -0.39 is 0 Å². The monoisotopic (exact) mass is 235 g/mol. The molecule has 3 aromatic rings. The summed E-state index contributed by atoms with van der Waals surface area (Å²) < 4.78 is 0. The summed E-state index contributed by atoms with van der Waals surface area (Å²) in [5.74, 6) is 0.470. The number of nitrogen functional groups attached to an aromatic ring is 1. The fraction of sp³-hybridized carbons (Fsp3) is 0.0667. The standard InChI is InChI=1S/C15H13N3/c1-10-6-8-11(9-7-10)14-15(16)18-13-5-3-2-4-12(13)17-14/h2-9H,1H3,(H2,16,18). The summed E-state index contributed by atoms with van der Waals surface area (Å²) in [5.41, 5.74) is 10.6. The van der Waals surface area contributed by atoms with Crippen LogP contribution < -0.4 is 5.73 Å². The predicted octanol–water partition coefficient (Wildman–Crippen LogP) is 3.19. The van der Waals surface area contributed by atoms with Crippen molar-refractivity contribution in [2.45, 2.75) is 6.92 Å². The van der Waals surface area contributed by atoms with E-state index in [1.165, 1.54) is 5.56 Å². The average Bonchev–Trinajstić information content (AvgIpc) is 2.39. The lowest BCUT2D eigenvalue weighted by Gasteiger charge is -2.06. The smallest absolute Gasteiger partial charge is 0.150 e. The van der Waals surface area contributed by atoms with E-state index in [1.54, 1.807) is 0 Å². The Labute approximate surface area is 105 Å². The first kappa shape index (κ1) is 10.7. The topological polar surface area (TPSA) is 51.8 Å². The van der Waals surface area contributed by atoms with E-state index in [9.17, 15) is 0 Å². The molecule has 0 radical (unpaired) electrons. The van der Waals surface area contributed by atoms with Gasteiger partial charge in [0, 0.05) is 5.56 Å². The van der Waals surface area contributed by atoms with Crippen molar-refractivity contribution in [1.82, 2.24) is 9.97 Å². The van der Waals surface area contributed by atoms with E-state index in [4.69, 9.17) is 5.73 Å². The van der Waals surface area contributed by atoms with E-state index in [0.717, 1.165) is 22.3 Å². The average molecular weight is 235 g/mol. The number of benzene rings is 2. The van der Waals surface area contributed by atoms with Gasteiger partial charge in [-0.1, -0.05) is 42.0 Å². The molecule has 3 rings (SSSR count). The Balaban J connectivity index is 2.22. The van der Waals surface area contributed by atoms with Gasteiger partial charge in [0.2, 0.25) is 0 Å². The van der Waals surface area contributed by atoms with Gasteiger partial charge in [-0.15, -0.1) is 0 Å². The van der Waals surface area contributed by atoms with Crippen molar-refractivity contribution in [3.05, 3.63) is 54.1 Å². The highest BCUT2D eigenvalue weighted by Gasteiger charge is 2.07. The maximum atomic E-state index is 5.98. The molecular weight excluding hydrogens is 222 g/mol. The molecule has 0 spiro atoms. The molecule has 2 aromatic carbocycles. The van der Waals surface area contributed by atoms with Crippen LogP contribution in [-0.2, 0) is 0 Å². The molecule has 0 aliphatic carbocycles. The summed E-state index contributed by atoms with van der Waals surface area (Å²) in [6, 6.07) is 15.9. The van der Waals surface area contributed by atoms with Crippen molar-refractivity contribution >= 4 is 16.9 Å². The molecule has 0 aliphatic heterocycles. The van der Waals surface area contributed by atoms with Gasteiger partial charge in [-0.3, -0.25) is 0 Å². The zero-order valence-electron chi connectivity index (χ0n) is 10.1. The van der Waals surface area contributed by atoms with Crippen LogP contribution >= 0.6 is 0 Å². The highest BCUT2D eigenvalue weighted by molar-refractivity contribution is 5.82. The minimum atomic E-state index is 0.470. The Kier molecular flexibility index (Phi) is 2.45. The first-order valence-electron chi connectivity index (χ1n) is 5.83. The third-order valence-electron chi connectivity index (χ3n) is 2.92. The fourth-order valence-corrected chi connectivity index (χ4v) is 1.94. The number of hydrogen-bond acceptors (Lipinski definition) is 3. The highest BCUT2D eigenvalue weighted by Crippen LogP contribution is 2.24. The normalized spacial score (nSPS) is 10.7. The number of aromatic nitrogens is 2. The molecule has 3 nitrogen and oxygen atoms in total. The largest absolute Gasteiger partial charge is 0.382 e. The van der Waals surface area contributed by atoms with Crippen molar-refractivity contribution in [1.29, 1.82) is 0 Å². The SMILES string of the molecule is Cc1ccc(-c2nc3ccccc3nc2N)cc1. The molecule has 2 N–H and O–H groups in total. The number of anilines is 1. The van der Waals surface area contributed by atoms with Crippen molar-refractivity contribution in [2.24, 2.45) is 0 Å². The lowest BCUT2D eigenvalue weighted by molar-refractivity contribution is 1.30. The molecule has 0 saturated carbocycles. The van der Waals surface area contributed by atoms with E-state index in [-0.39, 0.29) is 0 Å². The van der Waals surface area contributed by atoms with Crippen molar-refractivity contribution < 1.29 is 0 Å². The van der Waals surface area contributed by atoms with Crippen LogP contribution in [0, 0.1) is 6.92 Å². The summed E-state index contributed by atoms with van der Waals surface area (Å²) in [5, 5.41) is 0. The summed E-state index contributed by atoms with van der Waals surface area (Å²) in [7, 11) is 0. The first-order chi connectivity index (χ1) is 8.74. The molecule has 88 valence electrons. The minimum absolute atomic E-state index is 0.470. The van der Waals surface area contributed by atoms with Gasteiger partial charge in [0.05, 0.1) is 11.0 Å². The molecule has 0 amide bonds. The second-order valence-electron chi connectivity index (χ2n) is 4.31. The molecule has 1 aromatic heterocycles. The van der Waals surface area contributed by atoms with Gasteiger partial charge >= 0.3 is 0 Å². The van der Waals surface area contributed by atoms with E-state index in [1.807, 2.05) is 48.5 Å². The number of para-hydroxylation sites is 2. The molecule has 0 aliphatic rings. The van der Waals surface area contributed by atoms with Crippen LogP contribution in [0.1, 0.15) is 5.56 Å². The van der Waals surface area contributed by atoms with E-state index >= 15 is 0 Å². The van der Waals surface area contributed by atoms with Gasteiger partial charge in [-0.05, 0) is 19.1 Å². The van der Waals surface area contributed by atoms with Gasteiger partial charge in [0.25, 0.3) is 0 Å². The van der Waals surface area contributed by atoms with Gasteiger partial charge in [0.15, 0.2) is 5.82 Å². The van der Waals surface area contributed by atoms with Crippen LogP contribution in [0.15, 0.2) is 48.5 Å². The Morgan fingerprint density at radius 1 is 0.833 bits per heavy atom. The van der Waals surface area contributed by atoms with Crippen LogP contribution in [0.3, 0.4) is 0 Å². The quantitative estimate of drug-likeness (QED) is 0.704. The summed E-state index contributed by atoms with van der Waals surface area (Å²) >= 11 is 0. The van der Waals surface area contributed by atoms with Crippen LogP contribution in [-0.4, -0.2) is 9.97 Å². The number of nitrogens with two attached hydrogens (primary N) is 1. The number of aryl methyl sites for hydroxylation is 1. The summed E-state index contributed by atoms with van der Waals surface area (Å²) in [6.45, 7) is 2.05. The van der Waals surface area contributed by atoms with E-state index in [0.29, 0.717) is 5.82 Å². The first-order valence-corrected chi connectivity index (χ1v) is 5.83. The molecule has 18 heavy (non-hydrogen) atoms. The zero-order chi connectivity index (χ0) is 12.5. The second-order valence-corrected chi connectivity index (χ2v) is 4.31. The lowest BCUT2D eigenvalue weighted by atomic mass is 10.1. The Hall–Kier alpha value is -2.42. The third kappa shape index (κ3) is 1.80. The molecule has 0 bridgehead atoms. The molecule has 0 unspecified atom stereocenters. The third-order valence-corrected chi connectivity index (χ3v) is 2.92. The highest BCUT2D eigenvalue weighted by atomic mass is 14.9. The Morgan fingerprint density at radius 2 is 1.44 bits per heavy atom. The van der Waals surface area contributed by atoms with Gasteiger partial charge in [-0.25, -0.2) is 9.97 Å². The fourth-order valence-electron chi connectivity index (χ4n) is 1.94. The zero-order valence-corrected chi connectivity index (χ0v) is 10.1. The minimum Gasteiger partial charge on any atom is -0.382 e. The molecular formula is C15H13N3. The molecule has 3 heteroatoms. The van der Waals surface area contributed by atoms with Crippen LogP contribution in [0.2, 0.25) is 0 Å².